The van der Waals surface area contributed by atoms with E-state index in [-0.39, 0.29) is 0 Å². The van der Waals surface area contributed by atoms with Crippen LogP contribution in [0, 0.1) is 6.92 Å². The molecule has 0 spiro atoms. The number of aryl methyl sites for hydroxylation is 1. The van der Waals surface area contributed by atoms with Gasteiger partial charge in [-0.05, 0) is 19.1 Å². The SMILES string of the molecule is Cc1cc(N2CCN(c3ccccc3Cl)CC2)nc(N)n1. The van der Waals surface area contributed by atoms with Crippen LogP contribution < -0.4 is 15.5 Å². The molecule has 110 valence electrons. The van der Waals surface area contributed by atoms with Gasteiger partial charge in [-0.25, -0.2) is 4.98 Å². The Morgan fingerprint density at radius 2 is 1.71 bits per heavy atom. The van der Waals surface area contributed by atoms with E-state index in [1.807, 2.05) is 31.2 Å². The van der Waals surface area contributed by atoms with Gasteiger partial charge < -0.3 is 15.5 Å². The topological polar surface area (TPSA) is 58.3 Å². The summed E-state index contributed by atoms with van der Waals surface area (Å²) in [5.41, 5.74) is 7.72. The molecule has 0 aliphatic carbocycles. The Morgan fingerprint density at radius 3 is 2.38 bits per heavy atom. The highest BCUT2D eigenvalue weighted by Gasteiger charge is 2.20. The molecule has 1 aliphatic heterocycles. The average Bonchev–Trinajstić information content (AvgIpc) is 2.47. The number of hydrogen-bond acceptors (Lipinski definition) is 5. The molecule has 0 saturated carbocycles. The lowest BCUT2D eigenvalue weighted by molar-refractivity contribution is 0.647. The van der Waals surface area contributed by atoms with Crippen LogP contribution in [0.25, 0.3) is 0 Å². The second-order valence-electron chi connectivity index (χ2n) is 5.15. The summed E-state index contributed by atoms with van der Waals surface area (Å²) in [6, 6.07) is 9.93. The van der Waals surface area contributed by atoms with Crippen molar-refractivity contribution in [2.24, 2.45) is 0 Å². The van der Waals surface area contributed by atoms with E-state index in [1.165, 1.54) is 0 Å². The molecule has 1 aliphatic rings. The third-order valence-corrected chi connectivity index (χ3v) is 3.97. The Balaban J connectivity index is 1.72. The van der Waals surface area contributed by atoms with Crippen molar-refractivity contribution in [2.75, 3.05) is 41.7 Å². The van der Waals surface area contributed by atoms with Gasteiger partial charge in [0.25, 0.3) is 0 Å². The largest absolute Gasteiger partial charge is 0.368 e. The number of nitrogen functional groups attached to an aromatic ring is 1. The second kappa shape index (κ2) is 5.77. The highest BCUT2D eigenvalue weighted by molar-refractivity contribution is 6.33. The molecule has 2 heterocycles. The van der Waals surface area contributed by atoms with Gasteiger partial charge in [0.1, 0.15) is 5.82 Å². The van der Waals surface area contributed by atoms with Crippen LogP contribution in [0.1, 0.15) is 5.69 Å². The molecular formula is C15H18ClN5. The van der Waals surface area contributed by atoms with Crippen LogP contribution in [0.15, 0.2) is 30.3 Å². The minimum atomic E-state index is 0.332. The van der Waals surface area contributed by atoms with E-state index in [1.54, 1.807) is 0 Å². The van der Waals surface area contributed by atoms with Crippen molar-refractivity contribution >= 4 is 29.1 Å². The molecule has 2 N–H and O–H groups in total. The number of para-hydroxylation sites is 1. The molecule has 1 fully saturated rings. The summed E-state index contributed by atoms with van der Waals surface area (Å²) in [5.74, 6) is 1.23. The molecule has 1 aromatic carbocycles. The number of hydrogen-bond donors (Lipinski definition) is 1. The van der Waals surface area contributed by atoms with E-state index in [0.717, 1.165) is 48.4 Å². The third-order valence-electron chi connectivity index (χ3n) is 3.65. The fourth-order valence-corrected chi connectivity index (χ4v) is 2.88. The van der Waals surface area contributed by atoms with Crippen LogP contribution in [0.3, 0.4) is 0 Å². The maximum Gasteiger partial charge on any atom is 0.222 e. The molecule has 0 atom stereocenters. The Hall–Kier alpha value is -2.01. The van der Waals surface area contributed by atoms with Crippen LogP contribution in [-0.4, -0.2) is 36.1 Å². The number of anilines is 3. The summed E-state index contributed by atoms with van der Waals surface area (Å²) in [7, 11) is 0. The van der Waals surface area contributed by atoms with Crippen molar-refractivity contribution in [3.8, 4) is 0 Å². The molecule has 21 heavy (non-hydrogen) atoms. The predicted octanol–water partition coefficient (Wildman–Crippen LogP) is 2.35. The number of nitrogens with two attached hydrogens (primary N) is 1. The first-order valence-corrected chi connectivity index (χ1v) is 7.37. The maximum absolute atomic E-state index is 6.26. The monoisotopic (exact) mass is 303 g/mol. The van der Waals surface area contributed by atoms with Gasteiger partial charge in [-0.15, -0.1) is 0 Å². The molecule has 0 bridgehead atoms. The number of benzene rings is 1. The molecule has 0 radical (unpaired) electrons. The molecule has 0 amide bonds. The van der Waals surface area contributed by atoms with E-state index in [9.17, 15) is 0 Å². The Bertz CT molecular complexity index is 617. The van der Waals surface area contributed by atoms with E-state index in [4.69, 9.17) is 17.3 Å². The van der Waals surface area contributed by atoms with Crippen LogP contribution in [-0.2, 0) is 0 Å². The summed E-state index contributed by atoms with van der Waals surface area (Å²) in [6.45, 7) is 5.53. The highest BCUT2D eigenvalue weighted by atomic mass is 35.5. The standard InChI is InChI=1S/C15H18ClN5/c1-11-10-14(19-15(17)18-11)21-8-6-20(7-9-21)13-5-3-2-4-12(13)16/h2-5,10H,6-9H2,1H3,(H2,17,18,19). The number of aromatic nitrogens is 2. The summed E-state index contributed by atoms with van der Waals surface area (Å²) >= 11 is 6.26. The first kappa shape index (κ1) is 13.9. The Kier molecular flexibility index (Phi) is 3.84. The van der Waals surface area contributed by atoms with Gasteiger partial charge in [-0.3, -0.25) is 0 Å². The highest BCUT2D eigenvalue weighted by Crippen LogP contribution is 2.27. The first-order chi connectivity index (χ1) is 10.1. The summed E-state index contributed by atoms with van der Waals surface area (Å²) in [6.07, 6.45) is 0. The van der Waals surface area contributed by atoms with E-state index >= 15 is 0 Å². The number of rotatable bonds is 2. The quantitative estimate of drug-likeness (QED) is 0.923. The minimum Gasteiger partial charge on any atom is -0.368 e. The molecule has 5 nitrogen and oxygen atoms in total. The lowest BCUT2D eigenvalue weighted by atomic mass is 10.2. The fourth-order valence-electron chi connectivity index (χ4n) is 2.62. The van der Waals surface area contributed by atoms with Crippen LogP contribution in [0.5, 0.6) is 0 Å². The Labute approximate surface area is 129 Å². The van der Waals surface area contributed by atoms with Crippen molar-refractivity contribution in [3.05, 3.63) is 41.0 Å². The summed E-state index contributed by atoms with van der Waals surface area (Å²) in [5, 5.41) is 0.799. The van der Waals surface area contributed by atoms with Gasteiger partial charge in [0.15, 0.2) is 0 Å². The predicted molar refractivity (Wildman–Crippen MR) is 87.1 cm³/mol. The van der Waals surface area contributed by atoms with Crippen LogP contribution in [0.4, 0.5) is 17.5 Å². The number of piperazine rings is 1. The molecular weight excluding hydrogens is 286 g/mol. The molecule has 3 rings (SSSR count). The summed E-state index contributed by atoms with van der Waals surface area (Å²) < 4.78 is 0. The zero-order valence-corrected chi connectivity index (χ0v) is 12.7. The van der Waals surface area contributed by atoms with Gasteiger partial charge in [-0.1, -0.05) is 23.7 Å². The van der Waals surface area contributed by atoms with Gasteiger partial charge in [0.2, 0.25) is 5.95 Å². The third kappa shape index (κ3) is 3.03. The maximum atomic E-state index is 6.26. The smallest absolute Gasteiger partial charge is 0.222 e. The lowest BCUT2D eigenvalue weighted by Crippen LogP contribution is -2.47. The van der Waals surface area contributed by atoms with Crippen molar-refractivity contribution in [1.29, 1.82) is 0 Å². The van der Waals surface area contributed by atoms with E-state index < -0.39 is 0 Å². The van der Waals surface area contributed by atoms with Crippen LogP contribution >= 0.6 is 11.6 Å². The van der Waals surface area contributed by atoms with Crippen molar-refractivity contribution in [1.82, 2.24) is 9.97 Å². The average molecular weight is 304 g/mol. The molecule has 0 unspecified atom stereocenters. The minimum absolute atomic E-state index is 0.332. The van der Waals surface area contributed by atoms with Crippen molar-refractivity contribution in [2.45, 2.75) is 6.92 Å². The number of halogens is 1. The van der Waals surface area contributed by atoms with Crippen LogP contribution in [0.2, 0.25) is 5.02 Å². The zero-order valence-electron chi connectivity index (χ0n) is 12.0. The van der Waals surface area contributed by atoms with E-state index in [2.05, 4.69) is 25.8 Å². The van der Waals surface area contributed by atoms with Crippen molar-refractivity contribution < 1.29 is 0 Å². The number of nitrogens with zero attached hydrogens (tertiary/aromatic N) is 4. The van der Waals surface area contributed by atoms with Crippen molar-refractivity contribution in [3.63, 3.8) is 0 Å². The molecule has 1 saturated heterocycles. The Morgan fingerprint density at radius 1 is 1.05 bits per heavy atom. The summed E-state index contributed by atoms with van der Waals surface area (Å²) in [4.78, 5) is 13.0. The fraction of sp³-hybridized carbons (Fsp3) is 0.333. The van der Waals surface area contributed by atoms with Gasteiger partial charge in [0, 0.05) is 37.9 Å². The lowest BCUT2D eigenvalue weighted by Gasteiger charge is -2.37. The van der Waals surface area contributed by atoms with E-state index in [0.29, 0.717) is 5.95 Å². The first-order valence-electron chi connectivity index (χ1n) is 6.99. The normalized spacial score (nSPS) is 15.3. The van der Waals surface area contributed by atoms with Gasteiger partial charge in [-0.2, -0.15) is 4.98 Å². The van der Waals surface area contributed by atoms with Gasteiger partial charge >= 0.3 is 0 Å². The second-order valence-corrected chi connectivity index (χ2v) is 5.56. The molecule has 6 heteroatoms. The molecule has 1 aromatic heterocycles. The molecule has 2 aromatic rings. The van der Waals surface area contributed by atoms with Gasteiger partial charge in [0.05, 0.1) is 10.7 Å². The zero-order chi connectivity index (χ0) is 14.8.